The summed E-state index contributed by atoms with van der Waals surface area (Å²) in [5, 5.41) is 0. The maximum atomic E-state index is 14.3. The Morgan fingerprint density at radius 1 is 0.891 bits per heavy atom. The number of ether oxygens (including phenoxy) is 5. The summed E-state index contributed by atoms with van der Waals surface area (Å²) in [6, 6.07) is 13.0. The molecule has 0 bridgehead atoms. The largest absolute Gasteiger partial charge is 0.461 e. The lowest BCUT2D eigenvalue weighted by Gasteiger charge is -2.29. The number of carbonyl (C=O) groups excluding carboxylic acids is 4. The number of aromatic nitrogens is 4. The highest BCUT2D eigenvalue weighted by atomic mass is 19.1. The Labute approximate surface area is 317 Å². The van der Waals surface area contributed by atoms with Crippen LogP contribution in [0.1, 0.15) is 110 Å². The Bertz CT molecular complexity index is 2050. The molecule has 3 heterocycles. The number of halogens is 1. The van der Waals surface area contributed by atoms with Gasteiger partial charge in [0, 0.05) is 30.4 Å². The first-order valence-electron chi connectivity index (χ1n) is 18.2. The Kier molecular flexibility index (Phi) is 13.9. The molecule has 0 radical (unpaired) electrons. The molecule has 290 valence electrons. The SMILES string of the molecule is C#C[C@]1(COC(=O)c2ccccc2COC(=O)CCCCC)O[C@@H](n2cnc3c(N)nc(F)nc32)C[C@@H]1OC(=O)c1ccccc1COC(=O)CCCCC. The molecule has 0 spiro atoms. The van der Waals surface area contributed by atoms with Crippen molar-refractivity contribution in [3.8, 4) is 12.3 Å². The molecule has 15 heteroatoms. The number of terminal acetylenes is 1. The quantitative estimate of drug-likeness (QED) is 0.0400. The van der Waals surface area contributed by atoms with E-state index < -0.39 is 48.5 Å². The van der Waals surface area contributed by atoms with Crippen molar-refractivity contribution in [1.29, 1.82) is 0 Å². The van der Waals surface area contributed by atoms with Gasteiger partial charge in [-0.3, -0.25) is 14.2 Å². The molecule has 3 atom stereocenters. The summed E-state index contributed by atoms with van der Waals surface area (Å²) in [5.41, 5.74) is 5.15. The van der Waals surface area contributed by atoms with E-state index in [1.807, 2.05) is 13.8 Å². The van der Waals surface area contributed by atoms with Crippen LogP contribution >= 0.6 is 0 Å². The van der Waals surface area contributed by atoms with Gasteiger partial charge < -0.3 is 29.4 Å². The summed E-state index contributed by atoms with van der Waals surface area (Å²) < 4.78 is 44.6. The maximum absolute atomic E-state index is 14.3. The number of fused-ring (bicyclic) bond motifs is 1. The second-order valence-electron chi connectivity index (χ2n) is 13.1. The van der Waals surface area contributed by atoms with Crippen molar-refractivity contribution < 1.29 is 47.3 Å². The van der Waals surface area contributed by atoms with Gasteiger partial charge in [-0.1, -0.05) is 81.8 Å². The van der Waals surface area contributed by atoms with Crippen LogP contribution in [0.15, 0.2) is 54.9 Å². The lowest BCUT2D eigenvalue weighted by molar-refractivity contribution is -0.146. The van der Waals surface area contributed by atoms with Crippen LogP contribution in [0, 0.1) is 18.4 Å². The highest BCUT2D eigenvalue weighted by Crippen LogP contribution is 2.41. The molecule has 0 saturated carbocycles. The molecule has 14 nitrogen and oxygen atoms in total. The molecule has 0 amide bonds. The molecular weight excluding hydrogens is 713 g/mol. The van der Waals surface area contributed by atoms with Gasteiger partial charge in [0.1, 0.15) is 26.0 Å². The standard InChI is InChI=1S/C40H44FN5O9/c1-4-7-9-19-32(47)51-22-26-15-11-13-17-28(26)37(49)53-24-40(6-3)30(21-31(55-40)46-25-43-34-35(42)44-39(41)45-36(34)46)54-38(50)29-18-14-12-16-27(29)23-52-33(48)20-10-8-5-2/h3,11-18,25,30-31H,4-5,7-10,19-24H2,1-2H3,(H2,42,44,45)/t30-,31+,40+/m0/s1. The number of carbonyl (C=O) groups is 4. The van der Waals surface area contributed by atoms with Gasteiger partial charge in [-0.2, -0.15) is 14.4 Å². The number of anilines is 1. The monoisotopic (exact) mass is 757 g/mol. The van der Waals surface area contributed by atoms with E-state index in [-0.39, 0.29) is 66.6 Å². The third-order valence-corrected chi connectivity index (χ3v) is 9.15. The van der Waals surface area contributed by atoms with Crippen LogP contribution in [0.3, 0.4) is 0 Å². The molecule has 0 aliphatic carbocycles. The zero-order valence-electron chi connectivity index (χ0n) is 30.8. The summed E-state index contributed by atoms with van der Waals surface area (Å²) in [5.74, 6) is -0.0556. The predicted molar refractivity (Wildman–Crippen MR) is 196 cm³/mol. The minimum Gasteiger partial charge on any atom is -0.461 e. The molecule has 2 aromatic carbocycles. The van der Waals surface area contributed by atoms with Crippen LogP contribution in [0.25, 0.3) is 11.2 Å². The molecule has 2 N–H and O–H groups in total. The van der Waals surface area contributed by atoms with E-state index in [0.717, 1.165) is 25.7 Å². The van der Waals surface area contributed by atoms with Crippen molar-refractivity contribution in [3.63, 3.8) is 0 Å². The van der Waals surface area contributed by atoms with Crippen molar-refractivity contribution in [2.75, 3.05) is 12.3 Å². The van der Waals surface area contributed by atoms with Crippen LogP contribution in [-0.4, -0.2) is 61.7 Å². The first-order chi connectivity index (χ1) is 26.6. The van der Waals surface area contributed by atoms with Crippen LogP contribution in [0.4, 0.5) is 10.2 Å². The summed E-state index contributed by atoms with van der Waals surface area (Å²) >= 11 is 0. The maximum Gasteiger partial charge on any atom is 0.338 e. The van der Waals surface area contributed by atoms with E-state index in [0.29, 0.717) is 24.0 Å². The van der Waals surface area contributed by atoms with Crippen LogP contribution < -0.4 is 5.73 Å². The molecular formula is C40H44FN5O9. The van der Waals surface area contributed by atoms with Crippen LogP contribution in [0.5, 0.6) is 0 Å². The Hall–Kier alpha value is -5.88. The molecule has 1 aliphatic rings. The molecule has 0 unspecified atom stereocenters. The van der Waals surface area contributed by atoms with E-state index in [4.69, 9.17) is 35.8 Å². The fourth-order valence-electron chi connectivity index (χ4n) is 6.10. The Balaban J connectivity index is 1.38. The van der Waals surface area contributed by atoms with Gasteiger partial charge in [-0.25, -0.2) is 14.6 Å². The van der Waals surface area contributed by atoms with Crippen LogP contribution in [-0.2, 0) is 46.5 Å². The number of nitrogens with zero attached hydrogens (tertiary/aromatic N) is 4. The fourth-order valence-corrected chi connectivity index (χ4v) is 6.10. The number of rotatable bonds is 18. The van der Waals surface area contributed by atoms with Gasteiger partial charge in [-0.05, 0) is 25.0 Å². The summed E-state index contributed by atoms with van der Waals surface area (Å²) in [4.78, 5) is 63.6. The minimum atomic E-state index is -1.87. The number of hydrogen-bond donors (Lipinski definition) is 1. The molecule has 1 fully saturated rings. The topological polar surface area (TPSA) is 184 Å². The zero-order chi connectivity index (χ0) is 39.4. The third kappa shape index (κ3) is 10.0. The molecule has 1 aliphatic heterocycles. The Morgan fingerprint density at radius 2 is 1.47 bits per heavy atom. The fraction of sp³-hybridized carbons (Fsp3) is 0.425. The number of imidazole rings is 1. The molecule has 55 heavy (non-hydrogen) atoms. The van der Waals surface area contributed by atoms with Crippen molar-refractivity contribution in [1.82, 2.24) is 19.5 Å². The second kappa shape index (κ2) is 18.9. The predicted octanol–water partition coefficient (Wildman–Crippen LogP) is 6.17. The summed E-state index contributed by atoms with van der Waals surface area (Å²) in [7, 11) is 0. The first-order valence-corrected chi connectivity index (χ1v) is 18.2. The number of nitrogen functional groups attached to an aromatic ring is 1. The average molecular weight is 758 g/mol. The smallest absolute Gasteiger partial charge is 0.338 e. The van der Waals surface area contributed by atoms with Crippen molar-refractivity contribution >= 4 is 40.9 Å². The van der Waals surface area contributed by atoms with E-state index in [1.54, 1.807) is 36.4 Å². The normalized spacial score (nSPS) is 17.7. The second-order valence-corrected chi connectivity index (χ2v) is 13.1. The summed E-state index contributed by atoms with van der Waals surface area (Å²) in [6.45, 7) is 3.15. The third-order valence-electron chi connectivity index (χ3n) is 9.15. The summed E-state index contributed by atoms with van der Waals surface area (Å²) in [6.07, 6.45) is 9.49. The Morgan fingerprint density at radius 3 is 2.05 bits per heavy atom. The number of benzene rings is 2. The molecule has 4 aromatic rings. The van der Waals surface area contributed by atoms with Gasteiger partial charge in [0.2, 0.25) is 5.60 Å². The van der Waals surface area contributed by atoms with Gasteiger partial charge in [0.25, 0.3) is 0 Å². The zero-order valence-corrected chi connectivity index (χ0v) is 30.8. The first kappa shape index (κ1) is 40.3. The van der Waals surface area contributed by atoms with E-state index in [1.165, 1.54) is 23.0 Å². The van der Waals surface area contributed by atoms with Crippen molar-refractivity contribution in [2.24, 2.45) is 0 Å². The highest BCUT2D eigenvalue weighted by Gasteiger charge is 2.52. The van der Waals surface area contributed by atoms with E-state index in [2.05, 4.69) is 20.9 Å². The average Bonchev–Trinajstić information content (AvgIpc) is 3.77. The lowest BCUT2D eigenvalue weighted by Crippen LogP contribution is -2.45. The van der Waals surface area contributed by atoms with Crippen LogP contribution in [0.2, 0.25) is 0 Å². The number of esters is 4. The van der Waals surface area contributed by atoms with Crippen molar-refractivity contribution in [3.05, 3.63) is 83.2 Å². The lowest BCUT2D eigenvalue weighted by atomic mass is 9.98. The van der Waals surface area contributed by atoms with Crippen molar-refractivity contribution in [2.45, 2.75) is 103 Å². The minimum absolute atomic E-state index is 0.00541. The van der Waals surface area contributed by atoms with E-state index in [9.17, 15) is 23.6 Å². The number of hydrogen-bond acceptors (Lipinski definition) is 13. The molecule has 2 aromatic heterocycles. The van der Waals surface area contributed by atoms with Gasteiger partial charge in [0.05, 0.1) is 17.5 Å². The van der Waals surface area contributed by atoms with Gasteiger partial charge >= 0.3 is 30.0 Å². The van der Waals surface area contributed by atoms with Gasteiger partial charge in [0.15, 0.2) is 23.1 Å². The molecule has 5 rings (SSSR count). The number of unbranched alkanes of at least 4 members (excludes halogenated alkanes) is 4. The van der Waals surface area contributed by atoms with Gasteiger partial charge in [-0.15, -0.1) is 6.42 Å². The highest BCUT2D eigenvalue weighted by molar-refractivity contribution is 5.92. The molecule has 1 saturated heterocycles. The van der Waals surface area contributed by atoms with E-state index >= 15 is 0 Å². The number of nitrogens with two attached hydrogens (primary N) is 1.